The highest BCUT2D eigenvalue weighted by atomic mass is 32.2. The summed E-state index contributed by atoms with van der Waals surface area (Å²) in [4.78, 5) is 12.1. The second-order valence-electron chi connectivity index (χ2n) is 7.89. The van der Waals surface area contributed by atoms with Crippen molar-refractivity contribution in [3.8, 4) is 11.3 Å². The van der Waals surface area contributed by atoms with Gasteiger partial charge in [0.1, 0.15) is 0 Å². The second-order valence-corrected chi connectivity index (χ2v) is 9.76. The van der Waals surface area contributed by atoms with Crippen molar-refractivity contribution in [1.29, 1.82) is 0 Å². The van der Waals surface area contributed by atoms with Gasteiger partial charge in [-0.2, -0.15) is 0 Å². The van der Waals surface area contributed by atoms with Crippen LogP contribution < -0.4 is 9.62 Å². The van der Waals surface area contributed by atoms with Crippen molar-refractivity contribution in [2.75, 3.05) is 17.2 Å². The number of fused-ring (bicyclic) bond motifs is 1. The topological polar surface area (TPSA) is 75.2 Å². The smallest absolute Gasteiger partial charge is 0.226 e. The molecule has 1 aromatic heterocycles. The lowest BCUT2D eigenvalue weighted by Crippen LogP contribution is -2.46. The SMILES string of the molecule is C[C@H]1CCN1c1nc2c(c(-c3cccc(C4CCS(=O)(=O)N4)c3)n1)CCC2. The zero-order valence-electron chi connectivity index (χ0n) is 15.5. The minimum Gasteiger partial charge on any atom is -0.338 e. The maximum Gasteiger partial charge on any atom is 0.226 e. The van der Waals surface area contributed by atoms with Crippen LogP contribution in [0.25, 0.3) is 11.3 Å². The summed E-state index contributed by atoms with van der Waals surface area (Å²) in [5, 5.41) is 0. The van der Waals surface area contributed by atoms with Crippen LogP contribution in [-0.4, -0.2) is 36.7 Å². The summed E-state index contributed by atoms with van der Waals surface area (Å²) in [6.45, 7) is 3.23. The van der Waals surface area contributed by atoms with E-state index < -0.39 is 10.0 Å². The van der Waals surface area contributed by atoms with Gasteiger partial charge in [0.25, 0.3) is 0 Å². The molecular weight excluding hydrogens is 360 g/mol. The maximum atomic E-state index is 11.8. The Hall–Kier alpha value is -1.99. The average molecular weight is 385 g/mol. The van der Waals surface area contributed by atoms with Crippen LogP contribution in [0.1, 0.15) is 49.0 Å². The van der Waals surface area contributed by atoms with Crippen molar-refractivity contribution in [2.24, 2.45) is 0 Å². The van der Waals surface area contributed by atoms with Crippen molar-refractivity contribution >= 4 is 16.0 Å². The van der Waals surface area contributed by atoms with Crippen molar-refractivity contribution in [3.63, 3.8) is 0 Å². The highest BCUT2D eigenvalue weighted by Crippen LogP contribution is 2.35. The number of benzene rings is 1. The first-order valence-electron chi connectivity index (χ1n) is 9.77. The molecule has 1 aliphatic carbocycles. The molecular formula is C20H24N4O2S. The molecule has 5 rings (SSSR count). The molecule has 27 heavy (non-hydrogen) atoms. The molecule has 2 aliphatic heterocycles. The van der Waals surface area contributed by atoms with Gasteiger partial charge in [0.15, 0.2) is 0 Å². The fourth-order valence-electron chi connectivity index (χ4n) is 4.35. The Balaban J connectivity index is 1.56. The molecule has 2 atom stereocenters. The van der Waals surface area contributed by atoms with Crippen LogP contribution in [0.4, 0.5) is 5.95 Å². The summed E-state index contributed by atoms with van der Waals surface area (Å²) in [6.07, 6.45) is 4.96. The molecule has 0 bridgehead atoms. The van der Waals surface area contributed by atoms with Crippen molar-refractivity contribution < 1.29 is 8.42 Å². The lowest BCUT2D eigenvalue weighted by molar-refractivity contribution is 0.470. The molecule has 0 radical (unpaired) electrons. The first-order chi connectivity index (χ1) is 13.0. The average Bonchev–Trinajstić information content (AvgIpc) is 3.26. The number of hydrogen-bond donors (Lipinski definition) is 1. The molecule has 1 aromatic carbocycles. The predicted octanol–water partition coefficient (Wildman–Crippen LogP) is 2.60. The van der Waals surface area contributed by atoms with Crippen LogP contribution >= 0.6 is 0 Å². The number of sulfonamides is 1. The third-order valence-corrected chi connectivity index (χ3v) is 7.47. The van der Waals surface area contributed by atoms with E-state index in [0.29, 0.717) is 12.5 Å². The number of aromatic nitrogens is 2. The highest BCUT2D eigenvalue weighted by Gasteiger charge is 2.30. The first kappa shape index (κ1) is 17.1. The van der Waals surface area contributed by atoms with Gasteiger partial charge in [-0.25, -0.2) is 23.1 Å². The van der Waals surface area contributed by atoms with Gasteiger partial charge in [-0.1, -0.05) is 18.2 Å². The van der Waals surface area contributed by atoms with E-state index in [-0.39, 0.29) is 11.8 Å². The van der Waals surface area contributed by atoms with E-state index >= 15 is 0 Å². The molecule has 3 heterocycles. The predicted molar refractivity (Wildman–Crippen MR) is 105 cm³/mol. The van der Waals surface area contributed by atoms with E-state index in [1.165, 1.54) is 17.7 Å². The molecule has 7 heteroatoms. The van der Waals surface area contributed by atoms with Gasteiger partial charge < -0.3 is 4.90 Å². The van der Waals surface area contributed by atoms with Gasteiger partial charge >= 0.3 is 0 Å². The number of hydrogen-bond acceptors (Lipinski definition) is 5. The van der Waals surface area contributed by atoms with Crippen LogP contribution in [0.15, 0.2) is 24.3 Å². The van der Waals surface area contributed by atoms with E-state index in [2.05, 4.69) is 28.7 Å². The molecule has 1 N–H and O–H groups in total. The summed E-state index contributed by atoms with van der Waals surface area (Å²) < 4.78 is 26.3. The minimum absolute atomic E-state index is 0.139. The van der Waals surface area contributed by atoms with Crippen molar-refractivity contribution in [2.45, 2.75) is 51.1 Å². The second kappa shape index (κ2) is 6.27. The van der Waals surface area contributed by atoms with Crippen LogP contribution in [0.2, 0.25) is 0 Å². The quantitative estimate of drug-likeness (QED) is 0.880. The number of nitrogens with zero attached hydrogens (tertiary/aromatic N) is 3. The largest absolute Gasteiger partial charge is 0.338 e. The van der Waals surface area contributed by atoms with Gasteiger partial charge in [0.05, 0.1) is 11.4 Å². The number of aryl methyl sites for hydroxylation is 1. The Morgan fingerprint density at radius 3 is 2.78 bits per heavy atom. The molecule has 3 aliphatic rings. The van der Waals surface area contributed by atoms with E-state index in [1.54, 1.807) is 0 Å². The Morgan fingerprint density at radius 1 is 1.19 bits per heavy atom. The van der Waals surface area contributed by atoms with Gasteiger partial charge in [0.2, 0.25) is 16.0 Å². The molecule has 6 nitrogen and oxygen atoms in total. The zero-order chi connectivity index (χ0) is 18.6. The molecule has 2 aromatic rings. The first-order valence-corrected chi connectivity index (χ1v) is 11.4. The molecule has 0 spiro atoms. The molecule has 2 fully saturated rings. The summed E-state index contributed by atoms with van der Waals surface area (Å²) in [7, 11) is -3.13. The molecule has 142 valence electrons. The van der Waals surface area contributed by atoms with E-state index in [1.807, 2.05) is 12.1 Å². The summed E-state index contributed by atoms with van der Waals surface area (Å²) in [5.41, 5.74) is 5.54. The van der Waals surface area contributed by atoms with Gasteiger partial charge in [0, 0.05) is 35.4 Å². The summed E-state index contributed by atoms with van der Waals surface area (Å²) in [5.74, 6) is 1.04. The lowest BCUT2D eigenvalue weighted by atomic mass is 9.98. The van der Waals surface area contributed by atoms with E-state index in [9.17, 15) is 8.42 Å². The fraction of sp³-hybridized carbons (Fsp3) is 0.500. The Morgan fingerprint density at radius 2 is 2.07 bits per heavy atom. The van der Waals surface area contributed by atoms with Crippen molar-refractivity contribution in [1.82, 2.24) is 14.7 Å². The van der Waals surface area contributed by atoms with Crippen molar-refractivity contribution in [3.05, 3.63) is 41.1 Å². The van der Waals surface area contributed by atoms with Crippen LogP contribution in [0, 0.1) is 0 Å². The number of anilines is 1. The Kier molecular flexibility index (Phi) is 3.98. The third-order valence-electron chi connectivity index (χ3n) is 6.06. The zero-order valence-corrected chi connectivity index (χ0v) is 16.3. The van der Waals surface area contributed by atoms with Crippen LogP contribution in [0.5, 0.6) is 0 Å². The summed E-state index contributed by atoms with van der Waals surface area (Å²) >= 11 is 0. The standard InChI is InChI=1S/C20H24N4O2S/c1-13-8-10-24(13)20-21-18-7-3-6-16(18)19(22-20)15-5-2-4-14(12-15)17-9-11-27(25,26)23-17/h2,4-5,12-13,17,23H,3,6-11H2,1H3/t13-,17?/m0/s1. The lowest BCUT2D eigenvalue weighted by Gasteiger charge is -2.39. The normalized spacial score (nSPS) is 26.0. The highest BCUT2D eigenvalue weighted by molar-refractivity contribution is 7.89. The van der Waals surface area contributed by atoms with Crippen LogP contribution in [0.3, 0.4) is 0 Å². The van der Waals surface area contributed by atoms with E-state index in [0.717, 1.165) is 48.6 Å². The Labute approximate surface area is 160 Å². The number of rotatable bonds is 3. The van der Waals surface area contributed by atoms with Gasteiger partial charge in [-0.05, 0) is 50.7 Å². The maximum absolute atomic E-state index is 11.8. The van der Waals surface area contributed by atoms with Gasteiger partial charge in [-0.15, -0.1) is 0 Å². The fourth-order valence-corrected chi connectivity index (χ4v) is 5.70. The minimum atomic E-state index is -3.13. The summed E-state index contributed by atoms with van der Waals surface area (Å²) in [6, 6.07) is 8.55. The molecule has 0 amide bonds. The van der Waals surface area contributed by atoms with Gasteiger partial charge in [-0.3, -0.25) is 0 Å². The van der Waals surface area contributed by atoms with E-state index in [4.69, 9.17) is 9.97 Å². The molecule has 2 saturated heterocycles. The van der Waals surface area contributed by atoms with Crippen LogP contribution in [-0.2, 0) is 22.9 Å². The third kappa shape index (κ3) is 3.02. The Bertz CT molecular complexity index is 1010. The molecule has 1 unspecified atom stereocenters. The monoisotopic (exact) mass is 384 g/mol. The number of nitrogens with one attached hydrogen (secondary N) is 1. The molecule has 0 saturated carbocycles.